The summed E-state index contributed by atoms with van der Waals surface area (Å²) < 4.78 is 0. The number of likely N-dealkylation sites (tertiary alicyclic amines) is 2. The molecule has 0 aromatic heterocycles. The number of amides is 19. The van der Waals surface area contributed by atoms with Crippen LogP contribution in [0.2, 0.25) is 0 Å². The smallest absolute Gasteiger partial charge is 0.326 e. The Balaban J connectivity index is 1.78. The normalized spacial score (nSPS) is 17.5. The molecule has 137 heavy (non-hydrogen) atoms. The number of carbonyl (C=O) groups is 21. The molecule has 2 saturated heterocycles. The van der Waals surface area contributed by atoms with Crippen LogP contribution in [0.15, 0.2) is 24.3 Å². The first-order valence-corrected chi connectivity index (χ1v) is 47.6. The maximum Gasteiger partial charge on any atom is 0.326 e. The molecule has 1 aromatic rings. The number of carboxylic acids is 2. The van der Waals surface area contributed by atoms with Crippen LogP contribution in [0, 0.1) is 53.3 Å². The van der Waals surface area contributed by atoms with E-state index in [9.17, 15) is 111 Å². The van der Waals surface area contributed by atoms with Crippen LogP contribution >= 0.6 is 0 Å². The number of aromatic hydroxyl groups is 1. The van der Waals surface area contributed by atoms with E-state index in [1.807, 2.05) is 27.7 Å². The van der Waals surface area contributed by atoms with Crippen LogP contribution in [0.3, 0.4) is 0 Å². The number of nitrogens with one attached hydrogen (secondary N) is 17. The van der Waals surface area contributed by atoms with Gasteiger partial charge in [-0.2, -0.15) is 0 Å². The van der Waals surface area contributed by atoms with E-state index in [1.54, 1.807) is 96.9 Å². The fourth-order valence-electron chi connectivity index (χ4n) is 15.6. The van der Waals surface area contributed by atoms with Crippen molar-refractivity contribution in [2.75, 3.05) is 13.1 Å². The Morgan fingerprint density at radius 2 is 0.540 bits per heavy atom. The molecule has 2 heterocycles. The first-order valence-electron chi connectivity index (χ1n) is 47.6. The van der Waals surface area contributed by atoms with Gasteiger partial charge in [0.15, 0.2) is 0 Å². The van der Waals surface area contributed by atoms with E-state index >= 15 is 0 Å². The number of carboxylic acid groups (broad SMARTS) is 2. The number of carbonyl (C=O) groups excluding carboxylic acids is 19. The van der Waals surface area contributed by atoms with Crippen LogP contribution in [0.5, 0.6) is 5.75 Å². The first kappa shape index (κ1) is 119. The van der Waals surface area contributed by atoms with Crippen molar-refractivity contribution in [2.24, 2.45) is 53.3 Å². The Kier molecular flexibility index (Phi) is 49.1. The summed E-state index contributed by atoms with van der Waals surface area (Å²) in [4.78, 5) is 291. The van der Waals surface area contributed by atoms with Gasteiger partial charge in [0.05, 0.1) is 6.42 Å². The average Bonchev–Trinajstić information content (AvgIpc) is 1.70. The van der Waals surface area contributed by atoms with E-state index in [0.717, 1.165) is 0 Å². The monoisotopic (exact) mass is 1930 g/mol. The summed E-state index contributed by atoms with van der Waals surface area (Å²) in [5.41, 5.74) is 0.448. The van der Waals surface area contributed by atoms with Crippen molar-refractivity contribution in [3.63, 3.8) is 0 Å². The number of benzene rings is 1. The molecule has 2 fully saturated rings. The molecule has 0 bridgehead atoms. The molecule has 2 aliphatic heterocycles. The van der Waals surface area contributed by atoms with Crippen molar-refractivity contribution in [3.8, 4) is 5.75 Å². The highest BCUT2D eigenvalue weighted by Crippen LogP contribution is 2.25. The summed E-state index contributed by atoms with van der Waals surface area (Å²) in [5, 5.41) is 73.2. The molecule has 20 N–H and O–H groups in total. The Morgan fingerprint density at radius 1 is 0.292 bits per heavy atom. The molecule has 43 heteroatoms. The highest BCUT2D eigenvalue weighted by Gasteiger charge is 2.45. The van der Waals surface area contributed by atoms with Crippen molar-refractivity contribution < 1.29 is 116 Å². The summed E-state index contributed by atoms with van der Waals surface area (Å²) in [5.74, 6) is -20.9. The summed E-state index contributed by atoms with van der Waals surface area (Å²) >= 11 is 0. The fraction of sp³-hybridized carbons (Fsp3) is 0.713. The third-order valence-corrected chi connectivity index (χ3v) is 23.0. The van der Waals surface area contributed by atoms with Crippen LogP contribution in [0.25, 0.3) is 0 Å². The van der Waals surface area contributed by atoms with E-state index in [4.69, 9.17) is 5.11 Å². The lowest BCUT2D eigenvalue weighted by molar-refractivity contribution is -0.147. The first-order chi connectivity index (χ1) is 63.6. The number of aliphatic carboxylic acids is 2. The number of phenols is 1. The van der Waals surface area contributed by atoms with E-state index in [-0.39, 0.29) is 112 Å². The zero-order valence-electron chi connectivity index (χ0n) is 84.2. The predicted octanol–water partition coefficient (Wildman–Crippen LogP) is 0.102. The molecular formula is C94H155N19O24. The quantitative estimate of drug-likeness (QED) is 0.0411. The Morgan fingerprint density at radius 3 is 0.869 bits per heavy atom. The van der Waals surface area contributed by atoms with Crippen molar-refractivity contribution in [3.05, 3.63) is 29.8 Å². The van der Waals surface area contributed by atoms with Gasteiger partial charge in [0, 0.05) is 26.4 Å². The van der Waals surface area contributed by atoms with Gasteiger partial charge in [-0.3, -0.25) is 95.9 Å². The number of phenolic OH excluding ortho intramolecular Hbond substituents is 1. The van der Waals surface area contributed by atoms with Crippen LogP contribution in [-0.2, 0) is 107 Å². The van der Waals surface area contributed by atoms with Gasteiger partial charge in [-0.05, 0) is 177 Å². The number of nitrogens with zero attached hydrogens (tertiary/aromatic N) is 2. The summed E-state index contributed by atoms with van der Waals surface area (Å²) in [7, 11) is 0. The molecule has 0 unspecified atom stereocenters. The summed E-state index contributed by atoms with van der Waals surface area (Å²) in [6.45, 7) is 40.9. The van der Waals surface area contributed by atoms with Crippen molar-refractivity contribution >= 4 is 124 Å². The lowest BCUT2D eigenvalue weighted by atomic mass is 9.98. The molecule has 0 saturated carbocycles. The van der Waals surface area contributed by atoms with E-state index in [1.165, 1.54) is 82.5 Å². The van der Waals surface area contributed by atoms with Crippen molar-refractivity contribution in [2.45, 2.75) is 365 Å². The van der Waals surface area contributed by atoms with Crippen LogP contribution in [-0.4, -0.2) is 277 Å². The standard InChI is InChI=1S/C94H155N19O24/c1-44(2)36-62(82(124)97-54(20)77(119)101-63(37-45(3)4)84(126)107-68(41-49(11)12)93(135)113-35-27-29-71(113)88(130)104-66(42-60-30-32-61(115)33-31-60)86(128)111-74(51(15)16)90(132)100-56(22)79(121)108-69(94(136)137)43-72(116)117)103-83(125)65(39-47(7)8)105-91(133)75(52(17)18)110-81(123)58(24)98-87(129)70-28-26-34-112(70)92(134)67(40-48(9)10)106-85(127)64(38-46(5)6)102-78(120)55(21)99-89(131)73(50(13)14)109-80(122)57(23)96-76(118)53(19)95-59(25)114/h30-33,44-58,62-71,73-75,115H,26-29,34-43H2,1-25H3,(H,95,114)(H,96,118)(H,97,124)(H,98,129)(H,99,131)(H,100,132)(H,101,119)(H,102,120)(H,103,125)(H,104,130)(H,105,133)(H,106,127)(H,107,126)(H,108,121)(H,109,122)(H,110,123)(H,111,128)(H,116,117)(H,136,137)/t53-,54-,55-,56-,57-,58-,62-,63-,64-,65-,66-,67-,68-,69-,70-,71-,73-,74-,75-/m0/s1. The number of hydrogen-bond acceptors (Lipinski definition) is 22. The predicted molar refractivity (Wildman–Crippen MR) is 505 cm³/mol. The number of hydrogen-bond donors (Lipinski definition) is 20. The van der Waals surface area contributed by atoms with Crippen molar-refractivity contribution in [1.29, 1.82) is 0 Å². The third-order valence-electron chi connectivity index (χ3n) is 23.0. The van der Waals surface area contributed by atoms with Gasteiger partial charge in [-0.15, -0.1) is 0 Å². The lowest BCUT2D eigenvalue weighted by Crippen LogP contribution is -2.61. The van der Waals surface area contributed by atoms with Gasteiger partial charge in [0.1, 0.15) is 121 Å². The lowest BCUT2D eigenvalue weighted by Gasteiger charge is -2.32. The summed E-state index contributed by atoms with van der Waals surface area (Å²) in [6, 6.07) is -18.9. The Hall–Kier alpha value is -12.1. The highest BCUT2D eigenvalue weighted by molar-refractivity contribution is 6.02. The molecule has 19 atom stereocenters. The maximum absolute atomic E-state index is 14.9. The van der Waals surface area contributed by atoms with Crippen LogP contribution in [0.1, 0.15) is 249 Å². The molecule has 43 nitrogen and oxygen atoms in total. The second-order valence-corrected chi connectivity index (χ2v) is 39.7. The summed E-state index contributed by atoms with van der Waals surface area (Å²) in [6.07, 6.45) is 0.126. The minimum absolute atomic E-state index is 0.0301. The molecule has 1 aromatic carbocycles. The molecule has 0 radical (unpaired) electrons. The molecule has 770 valence electrons. The zero-order chi connectivity index (χ0) is 104. The molecule has 3 rings (SSSR count). The molecule has 0 spiro atoms. The van der Waals surface area contributed by atoms with Gasteiger partial charge in [0.25, 0.3) is 0 Å². The number of rotatable bonds is 55. The van der Waals surface area contributed by atoms with Crippen LogP contribution < -0.4 is 90.4 Å². The fourth-order valence-corrected chi connectivity index (χ4v) is 15.6. The second kappa shape index (κ2) is 56.6. The highest BCUT2D eigenvalue weighted by atomic mass is 16.4. The minimum atomic E-state index is -1.83. The second-order valence-electron chi connectivity index (χ2n) is 39.7. The average molecular weight is 1940 g/mol. The van der Waals surface area contributed by atoms with Gasteiger partial charge < -0.3 is 116 Å². The SMILES string of the molecule is CC(=O)N[C@@H](C)C(=O)N[C@@H](C)C(=O)N[C@H](C(=O)N[C@@H](C)C(=O)N[C@@H](CC(C)C)C(=O)N[C@@H](CC(C)C)C(=O)N1CCC[C@H]1C(=O)N[C@@H](C)C(=O)N[C@H](C(=O)N[C@@H](CC(C)C)C(=O)N[C@@H](CC(C)C)C(=O)N[C@@H](C)C(=O)N[C@@H](CC(C)C)C(=O)N[C@@H](CC(C)C)C(=O)N1CCC[C@H]1C(=O)N[C@@H](Cc1ccc(O)cc1)C(=O)N[C@H](C(=O)N[C@@H](C)C(=O)N[C@@H](CC(=O)O)C(=O)O)C(C)C)C(C)C)C(C)C. The Bertz CT molecular complexity index is 4370. The van der Waals surface area contributed by atoms with Crippen molar-refractivity contribution in [1.82, 2.24) is 100 Å². The molecule has 0 aliphatic carbocycles. The van der Waals surface area contributed by atoms with Gasteiger partial charge in [-0.1, -0.05) is 137 Å². The zero-order valence-corrected chi connectivity index (χ0v) is 84.2. The third kappa shape index (κ3) is 40.2. The molecule has 2 aliphatic rings. The van der Waals surface area contributed by atoms with Gasteiger partial charge in [0.2, 0.25) is 112 Å². The van der Waals surface area contributed by atoms with E-state index in [0.29, 0.717) is 18.4 Å². The van der Waals surface area contributed by atoms with Crippen LogP contribution in [0.4, 0.5) is 0 Å². The maximum atomic E-state index is 14.9. The molecular weight excluding hydrogens is 1780 g/mol. The largest absolute Gasteiger partial charge is 0.508 e. The minimum Gasteiger partial charge on any atom is -0.508 e. The van der Waals surface area contributed by atoms with E-state index < -0.39 is 263 Å². The Labute approximate surface area is 803 Å². The van der Waals surface area contributed by atoms with Gasteiger partial charge >= 0.3 is 11.9 Å². The topological polar surface area (TPSA) is 630 Å². The van der Waals surface area contributed by atoms with Gasteiger partial charge in [-0.25, -0.2) is 4.79 Å². The van der Waals surface area contributed by atoms with E-state index in [2.05, 4.69) is 90.4 Å². The molecule has 19 amide bonds.